The van der Waals surface area contributed by atoms with Gasteiger partial charge in [0.15, 0.2) is 0 Å². The molecule has 20 heavy (non-hydrogen) atoms. The first-order valence-electron chi connectivity index (χ1n) is 6.03. The van der Waals surface area contributed by atoms with Gasteiger partial charge in [-0.05, 0) is 32.0 Å². The Morgan fingerprint density at radius 1 is 1.30 bits per heavy atom. The Labute approximate surface area is 113 Å². The Morgan fingerprint density at radius 2 is 1.95 bits per heavy atom. The summed E-state index contributed by atoms with van der Waals surface area (Å²) in [5.74, 6) is 0. The number of aryl methyl sites for hydroxylation is 1. The van der Waals surface area contributed by atoms with Crippen LogP contribution in [0, 0.1) is 6.92 Å². The Morgan fingerprint density at radius 3 is 2.55 bits per heavy atom. The van der Waals surface area contributed by atoms with E-state index in [1.807, 2.05) is 0 Å². The zero-order chi connectivity index (χ0) is 14.9. The zero-order valence-corrected chi connectivity index (χ0v) is 10.8. The fourth-order valence-corrected chi connectivity index (χ4v) is 2.10. The molecule has 0 radical (unpaired) electrons. The minimum atomic E-state index is -4.52. The number of halogens is 3. The highest BCUT2D eigenvalue weighted by Crippen LogP contribution is 2.33. The van der Waals surface area contributed by atoms with Crippen LogP contribution in [0.5, 0.6) is 0 Å². The van der Waals surface area contributed by atoms with Crippen molar-refractivity contribution in [1.29, 1.82) is 0 Å². The number of nitrogens with one attached hydrogen (secondary N) is 1. The number of nitrogens with zero attached hydrogens (tertiary/aromatic N) is 1. The molecule has 1 aromatic carbocycles. The van der Waals surface area contributed by atoms with E-state index in [4.69, 9.17) is 5.73 Å². The summed E-state index contributed by atoms with van der Waals surface area (Å²) in [4.78, 5) is 12.2. The number of para-hydroxylation sites is 1. The predicted octanol–water partition coefficient (Wildman–Crippen LogP) is 1.99. The molecule has 1 aromatic heterocycles. The van der Waals surface area contributed by atoms with Crippen molar-refractivity contribution in [3.63, 3.8) is 0 Å². The third-order valence-electron chi connectivity index (χ3n) is 3.04. The van der Waals surface area contributed by atoms with Gasteiger partial charge in [-0.3, -0.25) is 9.89 Å². The molecule has 0 spiro atoms. The maximum Gasteiger partial charge on any atom is 0.418 e. The van der Waals surface area contributed by atoms with Crippen LogP contribution >= 0.6 is 0 Å². The van der Waals surface area contributed by atoms with E-state index in [0.717, 1.165) is 10.7 Å². The van der Waals surface area contributed by atoms with Crippen LogP contribution in [0.1, 0.15) is 16.8 Å². The topological polar surface area (TPSA) is 63.8 Å². The maximum atomic E-state index is 13.0. The smallest absolute Gasteiger partial charge is 0.330 e. The Kier molecular flexibility index (Phi) is 3.71. The lowest BCUT2D eigenvalue weighted by Crippen LogP contribution is -2.22. The van der Waals surface area contributed by atoms with E-state index in [-0.39, 0.29) is 12.2 Å². The molecule has 0 aliphatic carbocycles. The lowest BCUT2D eigenvalue weighted by Gasteiger charge is -2.12. The molecule has 3 N–H and O–H groups in total. The van der Waals surface area contributed by atoms with Gasteiger partial charge in [0, 0.05) is 11.3 Å². The van der Waals surface area contributed by atoms with E-state index in [9.17, 15) is 18.0 Å². The number of hydrogen-bond acceptors (Lipinski definition) is 2. The van der Waals surface area contributed by atoms with Crippen LogP contribution in [0.25, 0.3) is 5.69 Å². The highest BCUT2D eigenvalue weighted by atomic mass is 19.4. The van der Waals surface area contributed by atoms with Gasteiger partial charge in [0.1, 0.15) is 0 Å². The highest BCUT2D eigenvalue weighted by molar-refractivity contribution is 5.43. The molecule has 0 atom stereocenters. The second-order valence-corrected chi connectivity index (χ2v) is 4.41. The van der Waals surface area contributed by atoms with Crippen LogP contribution in [0.2, 0.25) is 0 Å². The lowest BCUT2D eigenvalue weighted by molar-refractivity contribution is -0.137. The van der Waals surface area contributed by atoms with Crippen LogP contribution < -0.4 is 11.3 Å². The quantitative estimate of drug-likeness (QED) is 0.906. The first-order chi connectivity index (χ1) is 9.36. The molecule has 0 aliphatic heterocycles. The largest absolute Gasteiger partial charge is 0.418 e. The van der Waals surface area contributed by atoms with Gasteiger partial charge in [-0.25, -0.2) is 4.68 Å². The first-order valence-corrected chi connectivity index (χ1v) is 6.03. The van der Waals surface area contributed by atoms with E-state index >= 15 is 0 Å². The van der Waals surface area contributed by atoms with Crippen molar-refractivity contribution in [2.75, 3.05) is 6.54 Å². The van der Waals surface area contributed by atoms with Gasteiger partial charge in [-0.15, -0.1) is 0 Å². The number of benzene rings is 1. The van der Waals surface area contributed by atoms with Gasteiger partial charge in [0.2, 0.25) is 0 Å². The molecule has 1 heterocycles. The summed E-state index contributed by atoms with van der Waals surface area (Å²) < 4.78 is 39.8. The van der Waals surface area contributed by atoms with E-state index in [0.29, 0.717) is 17.7 Å². The van der Waals surface area contributed by atoms with Gasteiger partial charge in [0.25, 0.3) is 5.56 Å². The Hall–Kier alpha value is -2.02. The molecule has 0 saturated carbocycles. The summed E-state index contributed by atoms with van der Waals surface area (Å²) in [6, 6.07) is 4.94. The monoisotopic (exact) mass is 285 g/mol. The molecule has 0 amide bonds. The predicted molar refractivity (Wildman–Crippen MR) is 68.9 cm³/mol. The summed E-state index contributed by atoms with van der Waals surface area (Å²) in [7, 11) is 0. The maximum absolute atomic E-state index is 13.0. The minimum Gasteiger partial charge on any atom is -0.330 e. The van der Waals surface area contributed by atoms with Crippen LogP contribution in [-0.4, -0.2) is 16.3 Å². The third kappa shape index (κ3) is 2.49. The molecule has 0 fully saturated rings. The standard InChI is InChI=1S/C13H14F3N3O/c1-8-9(6-7-17)12(20)19(18-8)11-5-3-2-4-10(11)13(14,15)16/h2-5,18H,6-7,17H2,1H3. The molecule has 2 rings (SSSR count). The van der Waals surface area contributed by atoms with E-state index in [1.54, 1.807) is 6.92 Å². The van der Waals surface area contributed by atoms with Gasteiger partial charge in [-0.2, -0.15) is 13.2 Å². The molecule has 0 bridgehead atoms. The van der Waals surface area contributed by atoms with Crippen molar-refractivity contribution < 1.29 is 13.2 Å². The highest BCUT2D eigenvalue weighted by Gasteiger charge is 2.34. The summed E-state index contributed by atoms with van der Waals surface area (Å²) >= 11 is 0. The SMILES string of the molecule is Cc1[nH]n(-c2ccccc2C(F)(F)F)c(=O)c1CCN. The van der Waals surface area contributed by atoms with E-state index < -0.39 is 17.3 Å². The Balaban J connectivity index is 2.65. The van der Waals surface area contributed by atoms with Gasteiger partial charge in [0.05, 0.1) is 11.3 Å². The van der Waals surface area contributed by atoms with Crippen molar-refractivity contribution in [1.82, 2.24) is 9.78 Å². The second-order valence-electron chi connectivity index (χ2n) is 4.41. The third-order valence-corrected chi connectivity index (χ3v) is 3.04. The summed E-state index contributed by atoms with van der Waals surface area (Å²) in [5, 5.41) is 2.68. The summed E-state index contributed by atoms with van der Waals surface area (Å²) in [6.45, 7) is 1.90. The number of alkyl halides is 3. The molecule has 4 nitrogen and oxygen atoms in total. The van der Waals surface area contributed by atoms with Crippen molar-refractivity contribution >= 4 is 0 Å². The minimum absolute atomic E-state index is 0.212. The van der Waals surface area contributed by atoms with Crippen LogP contribution in [0.15, 0.2) is 29.1 Å². The number of hydrogen-bond donors (Lipinski definition) is 2. The molecule has 2 aromatic rings. The van der Waals surface area contributed by atoms with Crippen LogP contribution in [-0.2, 0) is 12.6 Å². The van der Waals surface area contributed by atoms with Crippen molar-refractivity contribution in [2.24, 2.45) is 5.73 Å². The zero-order valence-electron chi connectivity index (χ0n) is 10.8. The van der Waals surface area contributed by atoms with E-state index in [1.165, 1.54) is 18.2 Å². The number of aromatic nitrogens is 2. The van der Waals surface area contributed by atoms with Crippen LogP contribution in [0.4, 0.5) is 13.2 Å². The number of rotatable bonds is 3. The summed E-state index contributed by atoms with van der Waals surface area (Å²) in [5.41, 5.74) is 4.77. The average Bonchev–Trinajstić information content (AvgIpc) is 2.66. The number of aromatic amines is 1. The number of nitrogens with two attached hydrogens (primary N) is 1. The second kappa shape index (κ2) is 5.16. The van der Waals surface area contributed by atoms with Crippen molar-refractivity contribution in [3.05, 3.63) is 51.4 Å². The van der Waals surface area contributed by atoms with Gasteiger partial charge < -0.3 is 5.73 Å². The number of H-pyrrole nitrogens is 1. The first kappa shape index (κ1) is 14.4. The van der Waals surface area contributed by atoms with Gasteiger partial charge in [-0.1, -0.05) is 12.1 Å². The molecule has 108 valence electrons. The average molecular weight is 285 g/mol. The van der Waals surface area contributed by atoms with Crippen molar-refractivity contribution in [3.8, 4) is 5.69 Å². The van der Waals surface area contributed by atoms with Crippen LogP contribution in [0.3, 0.4) is 0 Å². The molecule has 0 saturated heterocycles. The molecule has 0 unspecified atom stereocenters. The molecule has 7 heteroatoms. The molecular weight excluding hydrogens is 271 g/mol. The Bertz CT molecular complexity index is 670. The van der Waals surface area contributed by atoms with E-state index in [2.05, 4.69) is 5.10 Å². The van der Waals surface area contributed by atoms with Gasteiger partial charge >= 0.3 is 6.18 Å². The molecular formula is C13H14F3N3O. The summed E-state index contributed by atoms with van der Waals surface area (Å²) in [6.07, 6.45) is -4.20. The normalized spacial score (nSPS) is 11.8. The molecule has 0 aliphatic rings. The lowest BCUT2D eigenvalue weighted by atomic mass is 10.1. The fourth-order valence-electron chi connectivity index (χ4n) is 2.10. The van der Waals surface area contributed by atoms with Crippen molar-refractivity contribution in [2.45, 2.75) is 19.5 Å². The fraction of sp³-hybridized carbons (Fsp3) is 0.308.